The Balaban J connectivity index is 0.00000556. The van der Waals surface area contributed by atoms with Crippen LogP contribution in [0, 0.1) is 18.8 Å². The Kier molecular flexibility index (Phi) is 8.21. The summed E-state index contributed by atoms with van der Waals surface area (Å²) in [6.45, 7) is 3.06. The van der Waals surface area contributed by atoms with Crippen molar-refractivity contribution in [3.63, 3.8) is 0 Å². The van der Waals surface area contributed by atoms with Crippen LogP contribution in [-0.4, -0.2) is 23.7 Å². The second-order valence-electron chi connectivity index (χ2n) is 18.1. The predicted octanol–water partition coefficient (Wildman–Crippen LogP) is 14.6. The number of para-hydroxylation sites is 4. The second-order valence-corrected chi connectivity index (χ2v) is 18.1. The average Bonchev–Trinajstić information content (AvgIpc) is 4.13. The Hall–Kier alpha value is -7.67. The van der Waals surface area contributed by atoms with Crippen LogP contribution in [0.2, 0.25) is 0 Å². The first-order valence-corrected chi connectivity index (χ1v) is 22.2. The maximum Gasteiger partial charge on any atom is 0.135 e. The Morgan fingerprint density at radius 3 is 1.97 bits per heavy atom. The van der Waals surface area contributed by atoms with Crippen molar-refractivity contribution in [1.82, 2.24) is 23.7 Å². The third-order valence-electron chi connectivity index (χ3n) is 13.2. The van der Waals surface area contributed by atoms with Gasteiger partial charge in [0.2, 0.25) is 0 Å². The molecule has 334 valence electrons. The summed E-state index contributed by atoms with van der Waals surface area (Å²) in [5.41, 5.74) is 8.58. The van der Waals surface area contributed by atoms with Crippen molar-refractivity contribution in [2.45, 2.75) is 26.2 Å². The van der Waals surface area contributed by atoms with E-state index in [-0.39, 0.29) is 26.5 Å². The second kappa shape index (κ2) is 15.7. The number of aromatic nitrogens is 5. The molecule has 0 spiro atoms. The van der Waals surface area contributed by atoms with E-state index in [2.05, 4.69) is 48.5 Å². The molecule has 0 aliphatic carbocycles. The molecule has 0 saturated carbocycles. The number of fused-ring (bicyclic) bond motifs is 10. The van der Waals surface area contributed by atoms with Gasteiger partial charge in [-0.15, -0.1) is 48.1 Å². The zero-order chi connectivity index (χ0) is 50.1. The molecule has 7 aromatic carbocycles. The van der Waals surface area contributed by atoms with E-state index >= 15 is 0 Å². The number of ether oxygens (including phenoxy) is 1. The van der Waals surface area contributed by atoms with Gasteiger partial charge in [-0.25, -0.2) is 4.98 Å². The molecule has 0 saturated heterocycles. The molecule has 0 N–H and O–H groups in total. The maximum absolute atomic E-state index is 9.19. The number of hydrogen-bond donors (Lipinski definition) is 0. The van der Waals surface area contributed by atoms with E-state index in [1.807, 2.05) is 174 Å². The van der Waals surface area contributed by atoms with Crippen molar-refractivity contribution in [3.05, 3.63) is 195 Å². The maximum atomic E-state index is 9.19. The molecule has 0 unspecified atom stereocenters. The summed E-state index contributed by atoms with van der Waals surface area (Å²) in [6, 6.07) is 55.5. The van der Waals surface area contributed by atoms with E-state index in [4.69, 9.17) is 9.72 Å². The van der Waals surface area contributed by atoms with Crippen LogP contribution in [0.3, 0.4) is 0 Å². The molecule has 13 rings (SSSR count). The van der Waals surface area contributed by atoms with Crippen molar-refractivity contribution < 1.29 is 34.0 Å². The molecule has 0 atom stereocenters. The standard InChI is InChI=1S/C59H44N7O.Pt/c1-59(2,3)38-28-31-61-52(32-38)66-48-29-30-60-35-45(48)42-27-26-41(34-51(42)66)67-40-19-15-18-39(33-40)64-36-65(50-25-14-13-24-49(50)64)58-56-54(43-20-9-11-22-46(43)62(56)4)53(37-16-7-6-8-17-37)55-44-21-10-12-23-47(44)63(5)57(55)58;/h6-32,35-36H,1-5H3;/q-3;/i4D3,5D3;. The van der Waals surface area contributed by atoms with Crippen molar-refractivity contribution in [3.8, 4) is 28.4 Å². The largest absolute Gasteiger partial charge is 0.509 e. The van der Waals surface area contributed by atoms with Gasteiger partial charge in [0.15, 0.2) is 0 Å². The van der Waals surface area contributed by atoms with Crippen molar-refractivity contribution in [1.29, 1.82) is 0 Å². The number of hydrogen-bond acceptors (Lipinski definition) is 5. The normalized spacial score (nSPS) is 14.5. The topological polar surface area (TPSA) is 56.3 Å². The fraction of sp³-hybridized carbons (Fsp3) is 0.102. The van der Waals surface area contributed by atoms with Crippen LogP contribution in [0.1, 0.15) is 34.6 Å². The number of aryl methyl sites for hydroxylation is 2. The molecule has 0 radical (unpaired) electrons. The number of nitrogens with zero attached hydrogens (tertiary/aromatic N) is 7. The van der Waals surface area contributed by atoms with Crippen LogP contribution in [0.4, 0.5) is 22.7 Å². The van der Waals surface area contributed by atoms with Gasteiger partial charge in [-0.2, -0.15) is 12.1 Å². The fourth-order valence-electron chi connectivity index (χ4n) is 10.1. The van der Waals surface area contributed by atoms with Gasteiger partial charge in [0.25, 0.3) is 0 Å². The van der Waals surface area contributed by atoms with Crippen LogP contribution < -0.4 is 14.5 Å². The molecule has 9 heteroatoms. The molecule has 8 nitrogen and oxygen atoms in total. The summed E-state index contributed by atoms with van der Waals surface area (Å²) in [6.07, 6.45) is 5.48. The monoisotopic (exact) mass is 1070 g/mol. The number of benzene rings is 7. The number of rotatable bonds is 6. The van der Waals surface area contributed by atoms with E-state index < -0.39 is 14.0 Å². The molecule has 0 fully saturated rings. The van der Waals surface area contributed by atoms with Crippen LogP contribution >= 0.6 is 0 Å². The average molecular weight is 1070 g/mol. The molecular weight excluding hydrogens is 1020 g/mol. The quantitative estimate of drug-likeness (QED) is 0.155. The minimum Gasteiger partial charge on any atom is -0.509 e. The van der Waals surface area contributed by atoms with Crippen molar-refractivity contribution in [2.24, 2.45) is 14.0 Å². The van der Waals surface area contributed by atoms with Gasteiger partial charge >= 0.3 is 0 Å². The summed E-state index contributed by atoms with van der Waals surface area (Å²) in [5, 5.41) is 4.76. The van der Waals surface area contributed by atoms with Crippen LogP contribution in [0.5, 0.6) is 11.5 Å². The minimum atomic E-state index is -2.69. The van der Waals surface area contributed by atoms with Gasteiger partial charge in [0.1, 0.15) is 5.82 Å². The van der Waals surface area contributed by atoms with Crippen LogP contribution in [-0.2, 0) is 40.4 Å². The minimum absolute atomic E-state index is 0. The molecule has 1 aliphatic heterocycles. The summed E-state index contributed by atoms with van der Waals surface area (Å²) in [4.78, 5) is 13.2. The smallest absolute Gasteiger partial charge is 0.135 e. The van der Waals surface area contributed by atoms with Gasteiger partial charge in [0, 0.05) is 128 Å². The molecule has 5 aromatic heterocycles. The first-order chi connectivity index (χ1) is 35.1. The van der Waals surface area contributed by atoms with E-state index in [1.54, 1.807) is 6.20 Å². The number of anilines is 4. The van der Waals surface area contributed by atoms with Gasteiger partial charge < -0.3 is 28.2 Å². The molecule has 0 bridgehead atoms. The fourth-order valence-corrected chi connectivity index (χ4v) is 10.1. The summed E-state index contributed by atoms with van der Waals surface area (Å²) in [5.74, 6) is 1.66. The van der Waals surface area contributed by atoms with Gasteiger partial charge in [-0.3, -0.25) is 4.98 Å². The van der Waals surface area contributed by atoms with E-state index in [1.165, 1.54) is 9.13 Å². The van der Waals surface area contributed by atoms with Gasteiger partial charge in [0.05, 0.1) is 16.7 Å². The summed E-state index contributed by atoms with van der Waals surface area (Å²) >= 11 is 0. The molecule has 1 aliphatic rings. The third kappa shape index (κ3) is 6.24. The van der Waals surface area contributed by atoms with Crippen LogP contribution in [0.15, 0.2) is 170 Å². The van der Waals surface area contributed by atoms with Gasteiger partial charge in [-0.1, -0.05) is 105 Å². The van der Waals surface area contributed by atoms with E-state index in [0.29, 0.717) is 61.4 Å². The van der Waals surface area contributed by atoms with Crippen LogP contribution in [0.25, 0.3) is 82.4 Å². The summed E-state index contributed by atoms with van der Waals surface area (Å²) < 4.78 is 66.7. The van der Waals surface area contributed by atoms with E-state index in [9.17, 15) is 8.22 Å². The summed E-state index contributed by atoms with van der Waals surface area (Å²) in [7, 11) is 0. The van der Waals surface area contributed by atoms with Crippen molar-refractivity contribution in [2.75, 3.05) is 9.80 Å². The SMILES string of the molecule is [2H]C([2H])([2H])n1c2ccccc2c2c(-c3ccccc3)c3c4ccccc4n(C([2H])([2H])[2H])c3c(N3[CH-]N(c4[c-]c(Oc5[c-]c6c(cc5)c5cnccc5n6-c5cc(C(C)(C)C)ccn5)ccc4)c4ccccc43)c21.[Pt]. The Bertz CT molecular complexity index is 4100. The molecule has 12 aromatic rings. The predicted molar refractivity (Wildman–Crippen MR) is 274 cm³/mol. The van der Waals surface area contributed by atoms with Gasteiger partial charge in [-0.05, 0) is 64.4 Å². The van der Waals surface area contributed by atoms with E-state index in [0.717, 1.165) is 60.8 Å². The molecule has 6 heterocycles. The Morgan fingerprint density at radius 1 is 0.603 bits per heavy atom. The molecular formula is C59H44N7OPt-3. The molecule has 68 heavy (non-hydrogen) atoms. The first kappa shape index (κ1) is 35.5. The zero-order valence-corrected chi connectivity index (χ0v) is 39.4. The Labute approximate surface area is 417 Å². The Morgan fingerprint density at radius 2 is 1.26 bits per heavy atom. The molecule has 0 amide bonds. The third-order valence-corrected chi connectivity index (χ3v) is 13.2. The zero-order valence-electron chi connectivity index (χ0n) is 43.1. The number of pyridine rings is 2. The first-order valence-electron chi connectivity index (χ1n) is 25.2. The van der Waals surface area contributed by atoms with Crippen molar-refractivity contribution >= 4 is 88.2 Å².